The van der Waals surface area contributed by atoms with Gasteiger partial charge in [0.2, 0.25) is 10.0 Å². The molecule has 1 heterocycles. The standard InChI is InChI=1S/C26H29N3O4S/c1-6-23-22(16-27)24(25(29(23)5)26(30)33-7-2)19-13-11-18(12-14-19)20-9-8-10-21(15-20)28-34(31,32)17(3)4/h8-15,17,28H,6-7H2,1-5H3. The molecule has 8 heteroatoms. The largest absolute Gasteiger partial charge is 0.461 e. The Kier molecular flexibility index (Phi) is 7.48. The van der Waals surface area contributed by atoms with Gasteiger partial charge in [0.15, 0.2) is 0 Å². The van der Waals surface area contributed by atoms with E-state index in [4.69, 9.17) is 4.74 Å². The number of carbonyl (C=O) groups is 1. The van der Waals surface area contributed by atoms with Gasteiger partial charge < -0.3 is 9.30 Å². The van der Waals surface area contributed by atoms with Crippen LogP contribution in [0, 0.1) is 11.3 Å². The highest BCUT2D eigenvalue weighted by atomic mass is 32.2. The van der Waals surface area contributed by atoms with Gasteiger partial charge in [0.05, 0.1) is 17.4 Å². The van der Waals surface area contributed by atoms with Gasteiger partial charge in [-0.05, 0) is 56.0 Å². The first-order valence-corrected chi connectivity index (χ1v) is 12.7. The van der Waals surface area contributed by atoms with Gasteiger partial charge >= 0.3 is 5.97 Å². The number of hydrogen-bond acceptors (Lipinski definition) is 5. The number of ether oxygens (including phenoxy) is 1. The molecule has 7 nitrogen and oxygen atoms in total. The number of sulfonamides is 1. The van der Waals surface area contributed by atoms with Gasteiger partial charge in [-0.1, -0.05) is 43.3 Å². The number of aromatic nitrogens is 1. The average molecular weight is 480 g/mol. The van der Waals surface area contributed by atoms with Crippen LogP contribution in [0.15, 0.2) is 48.5 Å². The summed E-state index contributed by atoms with van der Waals surface area (Å²) in [7, 11) is -1.68. The van der Waals surface area contributed by atoms with E-state index in [1.807, 2.05) is 37.3 Å². The Bertz CT molecular complexity index is 1350. The van der Waals surface area contributed by atoms with Gasteiger partial charge in [-0.25, -0.2) is 13.2 Å². The van der Waals surface area contributed by atoms with Crippen LogP contribution in [0.1, 0.15) is 49.4 Å². The van der Waals surface area contributed by atoms with Crippen molar-refractivity contribution < 1.29 is 17.9 Å². The Morgan fingerprint density at radius 2 is 1.74 bits per heavy atom. The molecule has 0 bridgehead atoms. The first-order chi connectivity index (χ1) is 16.1. The summed E-state index contributed by atoms with van der Waals surface area (Å²) in [4.78, 5) is 12.7. The topological polar surface area (TPSA) is 101 Å². The average Bonchev–Trinajstić information content (AvgIpc) is 3.10. The van der Waals surface area contributed by atoms with Crippen molar-refractivity contribution in [1.29, 1.82) is 5.26 Å². The maximum atomic E-state index is 12.7. The highest BCUT2D eigenvalue weighted by Crippen LogP contribution is 2.34. The maximum absolute atomic E-state index is 12.7. The molecule has 0 amide bonds. The van der Waals surface area contributed by atoms with Gasteiger partial charge in [0.25, 0.3) is 0 Å². The van der Waals surface area contributed by atoms with Crippen molar-refractivity contribution in [2.75, 3.05) is 11.3 Å². The van der Waals surface area contributed by atoms with Crippen LogP contribution in [0.2, 0.25) is 0 Å². The van der Waals surface area contributed by atoms with E-state index in [0.29, 0.717) is 28.9 Å². The number of hydrogen-bond donors (Lipinski definition) is 1. The quantitative estimate of drug-likeness (QED) is 0.452. The molecule has 0 radical (unpaired) electrons. The van der Waals surface area contributed by atoms with E-state index < -0.39 is 21.2 Å². The van der Waals surface area contributed by atoms with Crippen molar-refractivity contribution in [2.24, 2.45) is 7.05 Å². The molecule has 0 aliphatic heterocycles. The first-order valence-electron chi connectivity index (χ1n) is 11.2. The number of nitrogens with one attached hydrogen (secondary N) is 1. The number of carbonyl (C=O) groups excluding carboxylic acids is 1. The van der Waals surface area contributed by atoms with Crippen molar-refractivity contribution in [3.8, 4) is 28.3 Å². The van der Waals surface area contributed by atoms with Gasteiger partial charge in [0, 0.05) is 24.0 Å². The van der Waals surface area contributed by atoms with E-state index in [2.05, 4.69) is 10.8 Å². The molecule has 0 unspecified atom stereocenters. The van der Waals surface area contributed by atoms with Crippen LogP contribution >= 0.6 is 0 Å². The number of anilines is 1. The van der Waals surface area contributed by atoms with Crippen molar-refractivity contribution in [3.63, 3.8) is 0 Å². The molecule has 178 valence electrons. The van der Waals surface area contributed by atoms with Crippen LogP contribution < -0.4 is 4.72 Å². The van der Waals surface area contributed by atoms with Gasteiger partial charge in [0.1, 0.15) is 11.8 Å². The van der Waals surface area contributed by atoms with Crippen LogP contribution in [0.3, 0.4) is 0 Å². The Morgan fingerprint density at radius 3 is 2.29 bits per heavy atom. The molecule has 0 aliphatic rings. The molecular weight excluding hydrogens is 450 g/mol. The summed E-state index contributed by atoms with van der Waals surface area (Å²) in [6, 6.07) is 16.9. The van der Waals surface area contributed by atoms with E-state index in [-0.39, 0.29) is 6.61 Å². The lowest BCUT2D eigenvalue weighted by atomic mass is 9.97. The molecule has 2 aromatic carbocycles. The summed E-state index contributed by atoms with van der Waals surface area (Å²) >= 11 is 0. The van der Waals surface area contributed by atoms with E-state index >= 15 is 0 Å². The fourth-order valence-corrected chi connectivity index (χ4v) is 4.55. The van der Waals surface area contributed by atoms with E-state index in [0.717, 1.165) is 22.4 Å². The summed E-state index contributed by atoms with van der Waals surface area (Å²) < 4.78 is 34.1. The maximum Gasteiger partial charge on any atom is 0.355 e. The monoisotopic (exact) mass is 479 g/mol. The van der Waals surface area contributed by atoms with Gasteiger partial charge in [-0.3, -0.25) is 4.72 Å². The smallest absolute Gasteiger partial charge is 0.355 e. The van der Waals surface area contributed by atoms with E-state index in [1.54, 1.807) is 50.6 Å². The second-order valence-electron chi connectivity index (χ2n) is 8.14. The summed E-state index contributed by atoms with van der Waals surface area (Å²) in [5.74, 6) is -0.467. The molecule has 0 spiro atoms. The highest BCUT2D eigenvalue weighted by Gasteiger charge is 2.26. The molecule has 0 saturated heterocycles. The molecule has 0 aliphatic carbocycles. The highest BCUT2D eigenvalue weighted by molar-refractivity contribution is 7.93. The Balaban J connectivity index is 2.04. The van der Waals surface area contributed by atoms with Gasteiger partial charge in [-0.15, -0.1) is 0 Å². The van der Waals surface area contributed by atoms with Crippen molar-refractivity contribution in [1.82, 2.24) is 4.57 Å². The normalized spacial score (nSPS) is 11.3. The number of esters is 1. The van der Waals surface area contributed by atoms with Crippen LogP contribution in [-0.2, 0) is 28.2 Å². The second kappa shape index (κ2) is 10.1. The fraction of sp³-hybridized carbons (Fsp3) is 0.308. The Hall–Kier alpha value is -3.57. The minimum absolute atomic E-state index is 0.239. The van der Waals surface area contributed by atoms with Crippen molar-refractivity contribution in [3.05, 3.63) is 65.5 Å². The summed E-state index contributed by atoms with van der Waals surface area (Å²) in [5, 5.41) is 9.32. The summed E-state index contributed by atoms with van der Waals surface area (Å²) in [5.41, 5.74) is 5.08. The van der Waals surface area contributed by atoms with E-state index in [1.165, 1.54) is 0 Å². The molecule has 0 atom stereocenters. The molecule has 3 aromatic rings. The third-order valence-corrected chi connectivity index (χ3v) is 7.44. The zero-order chi connectivity index (χ0) is 25.0. The molecule has 1 N–H and O–H groups in total. The molecule has 1 aromatic heterocycles. The predicted molar refractivity (Wildman–Crippen MR) is 134 cm³/mol. The molecular formula is C26H29N3O4S. The zero-order valence-corrected chi connectivity index (χ0v) is 20.9. The predicted octanol–water partition coefficient (Wildman–Crippen LogP) is 5.12. The third-order valence-electron chi connectivity index (χ3n) is 5.68. The van der Waals surface area contributed by atoms with Gasteiger partial charge in [-0.2, -0.15) is 5.26 Å². The lowest BCUT2D eigenvalue weighted by Crippen LogP contribution is -2.22. The first kappa shape index (κ1) is 25.1. The summed E-state index contributed by atoms with van der Waals surface area (Å²) in [6.45, 7) is 7.18. The van der Waals surface area contributed by atoms with Crippen LogP contribution in [0.5, 0.6) is 0 Å². The van der Waals surface area contributed by atoms with E-state index in [9.17, 15) is 18.5 Å². The lowest BCUT2D eigenvalue weighted by molar-refractivity contribution is 0.0516. The lowest BCUT2D eigenvalue weighted by Gasteiger charge is -2.12. The number of rotatable bonds is 8. The molecule has 34 heavy (non-hydrogen) atoms. The number of benzene rings is 2. The Labute approximate surface area is 201 Å². The fourth-order valence-electron chi connectivity index (χ4n) is 3.86. The molecule has 0 saturated carbocycles. The summed E-state index contributed by atoms with van der Waals surface area (Å²) in [6.07, 6.45) is 0.600. The molecule has 3 rings (SSSR count). The van der Waals surface area contributed by atoms with Crippen LogP contribution in [0.25, 0.3) is 22.3 Å². The Morgan fingerprint density at radius 1 is 1.09 bits per heavy atom. The van der Waals surface area contributed by atoms with Crippen molar-refractivity contribution in [2.45, 2.75) is 39.4 Å². The SMILES string of the molecule is CCOC(=O)c1c(-c2ccc(-c3cccc(NS(=O)(=O)C(C)C)c3)cc2)c(C#N)c(CC)n1C. The molecule has 0 fully saturated rings. The zero-order valence-electron chi connectivity index (χ0n) is 20.0. The minimum atomic E-state index is -3.45. The van der Waals surface area contributed by atoms with Crippen molar-refractivity contribution >= 4 is 21.7 Å². The number of nitriles is 1. The third kappa shape index (κ3) is 4.85. The second-order valence-corrected chi connectivity index (χ2v) is 10.4. The minimum Gasteiger partial charge on any atom is -0.461 e. The van der Waals surface area contributed by atoms with Crippen LogP contribution in [-0.4, -0.2) is 30.8 Å². The number of nitrogens with zero attached hydrogens (tertiary/aromatic N) is 2. The van der Waals surface area contributed by atoms with Crippen LogP contribution in [0.4, 0.5) is 5.69 Å².